The van der Waals surface area contributed by atoms with Crippen molar-refractivity contribution < 1.29 is 0 Å². The minimum Gasteiger partial charge on any atom is -0.0776 e. The first-order chi connectivity index (χ1) is 12.1. The summed E-state index contributed by atoms with van der Waals surface area (Å²) < 4.78 is 0. The van der Waals surface area contributed by atoms with Gasteiger partial charge in [0.2, 0.25) is 0 Å². The number of aryl methyl sites for hydroxylation is 3. The molecule has 0 nitrogen and oxygen atoms in total. The van der Waals surface area contributed by atoms with Gasteiger partial charge in [0.1, 0.15) is 0 Å². The van der Waals surface area contributed by atoms with E-state index < -0.39 is 0 Å². The zero-order valence-electron chi connectivity index (χ0n) is 16.9. The lowest BCUT2D eigenvalue weighted by Crippen LogP contribution is -1.89. The molecule has 0 saturated carbocycles. The van der Waals surface area contributed by atoms with E-state index in [4.69, 9.17) is 0 Å². The predicted octanol–water partition coefficient (Wildman–Crippen LogP) is 8.63. The van der Waals surface area contributed by atoms with Crippen molar-refractivity contribution in [2.45, 2.75) is 55.9 Å². The van der Waals surface area contributed by atoms with Gasteiger partial charge in [-0.2, -0.15) is 0 Å². The molecule has 0 aliphatic carbocycles. The van der Waals surface area contributed by atoms with Gasteiger partial charge >= 0.3 is 0 Å². The number of benzene rings is 3. The minimum absolute atomic E-state index is 0. The third-order valence-electron chi connectivity index (χ3n) is 4.01. The molecule has 0 radical (unpaired) electrons. The van der Waals surface area contributed by atoms with Crippen molar-refractivity contribution in [3.63, 3.8) is 0 Å². The quantitative estimate of drug-likeness (QED) is 0.434. The summed E-state index contributed by atoms with van der Waals surface area (Å²) in [5, 5.41) is 0. The second kappa shape index (κ2) is 12.1. The van der Waals surface area contributed by atoms with Crippen molar-refractivity contribution in [1.82, 2.24) is 0 Å². The van der Waals surface area contributed by atoms with Crippen LogP contribution >= 0.6 is 0 Å². The van der Waals surface area contributed by atoms with E-state index in [9.17, 15) is 0 Å². The number of rotatable bonds is 2. The van der Waals surface area contributed by atoms with Gasteiger partial charge in [-0.1, -0.05) is 107 Å². The first-order valence-corrected chi connectivity index (χ1v) is 9.39. The fourth-order valence-corrected chi connectivity index (χ4v) is 2.89. The first-order valence-electron chi connectivity index (χ1n) is 9.39. The van der Waals surface area contributed by atoms with E-state index in [-0.39, 0.29) is 7.43 Å². The van der Waals surface area contributed by atoms with E-state index in [1.54, 1.807) is 0 Å². The van der Waals surface area contributed by atoms with Gasteiger partial charge in [0.15, 0.2) is 0 Å². The van der Waals surface area contributed by atoms with Gasteiger partial charge in [-0.25, -0.2) is 0 Å². The van der Waals surface area contributed by atoms with E-state index in [2.05, 4.69) is 87.5 Å². The molecule has 0 fully saturated rings. The molecule has 3 aromatic carbocycles. The normalized spacial score (nSPS) is 9.04. The second-order valence-electron chi connectivity index (χ2n) is 5.71. The van der Waals surface area contributed by atoms with E-state index >= 15 is 0 Å². The molecule has 0 amide bonds. The highest BCUT2D eigenvalue weighted by Crippen LogP contribution is 2.30. The van der Waals surface area contributed by atoms with Crippen LogP contribution in [0.1, 0.15) is 51.8 Å². The summed E-state index contributed by atoms with van der Waals surface area (Å²) in [5.41, 5.74) is 9.18. The molecule has 0 aromatic heterocycles. The van der Waals surface area contributed by atoms with Crippen LogP contribution in [-0.4, -0.2) is 0 Å². The molecule has 0 bridgehead atoms. The van der Waals surface area contributed by atoms with Gasteiger partial charge in [0.25, 0.3) is 0 Å². The summed E-state index contributed by atoms with van der Waals surface area (Å²) in [6, 6.07) is 24.0. The van der Waals surface area contributed by atoms with Crippen molar-refractivity contribution in [3.8, 4) is 22.3 Å². The highest BCUT2D eigenvalue weighted by molar-refractivity contribution is 5.75. The van der Waals surface area contributed by atoms with Crippen LogP contribution in [0, 0.1) is 20.8 Å². The summed E-state index contributed by atoms with van der Waals surface area (Å²) in [6.45, 7) is 14.5. The van der Waals surface area contributed by atoms with Crippen LogP contribution in [0.15, 0.2) is 66.7 Å². The molecule has 0 aliphatic heterocycles. The molecule has 140 valence electrons. The minimum atomic E-state index is 0. The van der Waals surface area contributed by atoms with Gasteiger partial charge in [-0.15, -0.1) is 0 Å². The van der Waals surface area contributed by atoms with Crippen LogP contribution in [0.3, 0.4) is 0 Å². The molecule has 0 saturated heterocycles. The Morgan fingerprint density at radius 1 is 0.500 bits per heavy atom. The Labute approximate surface area is 161 Å². The Morgan fingerprint density at radius 3 is 1.50 bits per heavy atom. The Bertz CT molecular complexity index is 767. The van der Waals surface area contributed by atoms with Crippen molar-refractivity contribution in [1.29, 1.82) is 0 Å². The van der Waals surface area contributed by atoms with Crippen LogP contribution in [0.5, 0.6) is 0 Å². The predicted molar refractivity (Wildman–Crippen MR) is 121 cm³/mol. The monoisotopic (exact) mass is 348 g/mol. The average molecular weight is 349 g/mol. The standard InChI is InChI=1S/C21H20.2C2H6.CH4/c1-15-9-11-20(16(2)13-15)21-12-10-19(14-17(21)3)18-7-5-4-6-8-18;2*1-2;/h4-14H,1-3H3;2*1-2H3;1H4. The highest BCUT2D eigenvalue weighted by atomic mass is 14.1. The molecular weight excluding hydrogens is 312 g/mol. The number of hydrogen-bond donors (Lipinski definition) is 0. The molecule has 26 heavy (non-hydrogen) atoms. The zero-order chi connectivity index (χ0) is 18.8. The van der Waals surface area contributed by atoms with Crippen molar-refractivity contribution in [2.75, 3.05) is 0 Å². The third-order valence-corrected chi connectivity index (χ3v) is 4.01. The Kier molecular flexibility index (Phi) is 11.0. The molecule has 0 atom stereocenters. The largest absolute Gasteiger partial charge is 0.0776 e. The van der Waals surface area contributed by atoms with E-state index in [1.165, 1.54) is 38.9 Å². The Hall–Kier alpha value is -2.34. The SMILES string of the molecule is C.CC.CC.Cc1ccc(-c2ccc(-c3ccccc3)cc2C)c(C)c1. The van der Waals surface area contributed by atoms with E-state index in [0.717, 1.165) is 0 Å². The summed E-state index contributed by atoms with van der Waals surface area (Å²) >= 11 is 0. The van der Waals surface area contributed by atoms with Crippen LogP contribution in [-0.2, 0) is 0 Å². The zero-order valence-corrected chi connectivity index (χ0v) is 16.9. The van der Waals surface area contributed by atoms with Gasteiger partial charge in [0.05, 0.1) is 0 Å². The first kappa shape index (κ1) is 23.7. The molecule has 0 heterocycles. The second-order valence-corrected chi connectivity index (χ2v) is 5.71. The van der Waals surface area contributed by atoms with Crippen LogP contribution in [0.25, 0.3) is 22.3 Å². The lowest BCUT2D eigenvalue weighted by atomic mass is 9.93. The summed E-state index contributed by atoms with van der Waals surface area (Å²) in [6.07, 6.45) is 0. The average Bonchev–Trinajstić information content (AvgIpc) is 2.66. The van der Waals surface area contributed by atoms with Crippen molar-refractivity contribution >= 4 is 0 Å². The lowest BCUT2D eigenvalue weighted by molar-refractivity contribution is 1.36. The molecule has 0 heteroatoms. The maximum Gasteiger partial charge on any atom is -0.0152 e. The fraction of sp³-hybridized carbons (Fsp3) is 0.308. The molecule has 3 aromatic rings. The van der Waals surface area contributed by atoms with Crippen LogP contribution < -0.4 is 0 Å². The van der Waals surface area contributed by atoms with Crippen LogP contribution in [0.2, 0.25) is 0 Å². The Morgan fingerprint density at radius 2 is 1.00 bits per heavy atom. The van der Waals surface area contributed by atoms with Gasteiger partial charge in [0, 0.05) is 0 Å². The third kappa shape index (κ3) is 5.88. The van der Waals surface area contributed by atoms with E-state index in [1.807, 2.05) is 27.7 Å². The summed E-state index contributed by atoms with van der Waals surface area (Å²) in [7, 11) is 0. The van der Waals surface area contributed by atoms with Gasteiger partial charge < -0.3 is 0 Å². The molecule has 0 spiro atoms. The maximum absolute atomic E-state index is 2.28. The van der Waals surface area contributed by atoms with Crippen molar-refractivity contribution in [2.24, 2.45) is 0 Å². The molecule has 0 unspecified atom stereocenters. The molecular formula is C26H36. The topological polar surface area (TPSA) is 0 Å². The molecule has 0 N–H and O–H groups in total. The van der Waals surface area contributed by atoms with Gasteiger partial charge in [-0.3, -0.25) is 0 Å². The highest BCUT2D eigenvalue weighted by Gasteiger charge is 2.07. The maximum atomic E-state index is 2.28. The lowest BCUT2D eigenvalue weighted by Gasteiger charge is -2.12. The Balaban J connectivity index is 0.00000117. The van der Waals surface area contributed by atoms with Crippen molar-refractivity contribution in [3.05, 3.63) is 83.4 Å². The summed E-state index contributed by atoms with van der Waals surface area (Å²) in [5.74, 6) is 0. The summed E-state index contributed by atoms with van der Waals surface area (Å²) in [4.78, 5) is 0. The smallest absolute Gasteiger partial charge is 0.0152 e. The number of hydrogen-bond acceptors (Lipinski definition) is 0. The molecule has 3 rings (SSSR count). The van der Waals surface area contributed by atoms with E-state index in [0.29, 0.717) is 0 Å². The van der Waals surface area contributed by atoms with Gasteiger partial charge in [-0.05, 0) is 54.2 Å². The molecule has 0 aliphatic rings. The van der Waals surface area contributed by atoms with Crippen LogP contribution in [0.4, 0.5) is 0 Å². The fourth-order valence-electron chi connectivity index (χ4n) is 2.89.